The molecule has 0 saturated carbocycles. The van der Waals surface area contributed by atoms with Crippen LogP contribution in [0.15, 0.2) is 83.1 Å². The van der Waals surface area contributed by atoms with Gasteiger partial charge in [-0.15, -0.1) is 0 Å². The summed E-state index contributed by atoms with van der Waals surface area (Å²) in [6.45, 7) is 8.95. The highest BCUT2D eigenvalue weighted by molar-refractivity contribution is 5.99. The maximum Gasteiger partial charge on any atom is 0.269 e. The van der Waals surface area contributed by atoms with Crippen LogP contribution in [-0.4, -0.2) is 21.5 Å². The summed E-state index contributed by atoms with van der Waals surface area (Å²) in [4.78, 5) is 29.8. The van der Waals surface area contributed by atoms with Crippen molar-refractivity contribution in [1.29, 1.82) is 0 Å². The van der Waals surface area contributed by atoms with E-state index in [1.54, 1.807) is 12.3 Å². The fourth-order valence-electron chi connectivity index (χ4n) is 4.72. The van der Waals surface area contributed by atoms with Crippen LogP contribution >= 0.6 is 0 Å². The number of benzene rings is 2. The van der Waals surface area contributed by atoms with E-state index in [0.717, 1.165) is 28.9 Å². The van der Waals surface area contributed by atoms with E-state index >= 15 is 0 Å². The predicted molar refractivity (Wildman–Crippen MR) is 150 cm³/mol. The number of nitrogens with zero attached hydrogens (tertiary/aromatic N) is 3. The van der Waals surface area contributed by atoms with Gasteiger partial charge in [-0.25, -0.2) is 0 Å². The van der Waals surface area contributed by atoms with Crippen molar-refractivity contribution < 1.29 is 14.6 Å². The molecule has 0 saturated heterocycles. The minimum absolute atomic E-state index is 0.00256. The van der Waals surface area contributed by atoms with E-state index in [-0.39, 0.29) is 23.8 Å². The van der Waals surface area contributed by atoms with Crippen molar-refractivity contribution in [2.75, 3.05) is 0 Å². The zero-order valence-electron chi connectivity index (χ0n) is 22.3. The average molecular weight is 512 g/mol. The lowest BCUT2D eigenvalue weighted by Gasteiger charge is -2.17. The number of aryl methyl sites for hydroxylation is 2. The number of oxime groups is 1. The molecular weight excluding hydrogens is 478 g/mol. The van der Waals surface area contributed by atoms with E-state index in [9.17, 15) is 14.9 Å². The Hall–Kier alpha value is -4.26. The molecule has 0 unspecified atom stereocenters. The van der Waals surface area contributed by atoms with Crippen molar-refractivity contribution in [2.24, 2.45) is 5.16 Å². The molecule has 4 rings (SSSR count). The Morgan fingerprint density at radius 1 is 1.13 bits per heavy atom. The van der Waals surface area contributed by atoms with E-state index < -0.39 is 4.92 Å². The molecular formula is C31H33N3O4. The van der Waals surface area contributed by atoms with Gasteiger partial charge < -0.3 is 9.40 Å². The van der Waals surface area contributed by atoms with Gasteiger partial charge in [0.1, 0.15) is 0 Å². The van der Waals surface area contributed by atoms with Crippen LogP contribution in [0, 0.1) is 17.0 Å². The SMILES string of the molecule is CC1=CC=C(Cn2c(/C=N/Oc3ccc(C)cc3)cc(C(=O)CCc3cccc([N+](=O)[O-])c3)c2C(C)C)C1. The minimum Gasteiger partial charge on any atom is -0.357 e. The summed E-state index contributed by atoms with van der Waals surface area (Å²) in [5.41, 5.74) is 6.92. The van der Waals surface area contributed by atoms with Crippen LogP contribution in [0.2, 0.25) is 0 Å². The Kier molecular flexibility index (Phi) is 8.36. The number of carbonyl (C=O) groups is 1. The summed E-state index contributed by atoms with van der Waals surface area (Å²) in [5, 5.41) is 15.4. The van der Waals surface area contributed by atoms with Gasteiger partial charge in [-0.1, -0.05) is 66.6 Å². The number of rotatable bonds is 11. The molecule has 1 aliphatic carbocycles. The van der Waals surface area contributed by atoms with Crippen molar-refractivity contribution >= 4 is 17.7 Å². The molecule has 7 heteroatoms. The summed E-state index contributed by atoms with van der Waals surface area (Å²) >= 11 is 0. The highest BCUT2D eigenvalue weighted by Crippen LogP contribution is 2.29. The lowest BCUT2D eigenvalue weighted by atomic mass is 9.98. The number of carbonyl (C=O) groups excluding carboxylic acids is 1. The largest absolute Gasteiger partial charge is 0.357 e. The predicted octanol–water partition coefficient (Wildman–Crippen LogP) is 7.33. The Morgan fingerprint density at radius 2 is 1.89 bits per heavy atom. The number of non-ortho nitro benzene ring substituents is 1. The third kappa shape index (κ3) is 6.54. The molecule has 2 aromatic carbocycles. The van der Waals surface area contributed by atoms with Gasteiger partial charge in [0.05, 0.1) is 16.8 Å². The number of aromatic nitrogens is 1. The molecule has 1 aromatic heterocycles. The van der Waals surface area contributed by atoms with E-state index in [4.69, 9.17) is 4.84 Å². The third-order valence-corrected chi connectivity index (χ3v) is 6.61. The van der Waals surface area contributed by atoms with Gasteiger partial charge in [0.2, 0.25) is 0 Å². The molecule has 38 heavy (non-hydrogen) atoms. The fourth-order valence-corrected chi connectivity index (χ4v) is 4.72. The Morgan fingerprint density at radius 3 is 2.55 bits per heavy atom. The van der Waals surface area contributed by atoms with Gasteiger partial charge in [0.25, 0.3) is 5.69 Å². The molecule has 0 fully saturated rings. The molecule has 0 N–H and O–H groups in total. The topological polar surface area (TPSA) is 86.7 Å². The monoisotopic (exact) mass is 511 g/mol. The summed E-state index contributed by atoms with van der Waals surface area (Å²) in [7, 11) is 0. The van der Waals surface area contributed by atoms with Gasteiger partial charge in [0, 0.05) is 36.4 Å². The molecule has 1 aliphatic rings. The number of hydrogen-bond acceptors (Lipinski definition) is 5. The van der Waals surface area contributed by atoms with Crippen LogP contribution < -0.4 is 4.84 Å². The van der Waals surface area contributed by atoms with E-state index in [1.807, 2.05) is 43.3 Å². The Balaban J connectivity index is 1.61. The van der Waals surface area contributed by atoms with E-state index in [0.29, 0.717) is 24.3 Å². The molecule has 1 heterocycles. The van der Waals surface area contributed by atoms with Gasteiger partial charge in [-0.2, -0.15) is 0 Å². The average Bonchev–Trinajstić information content (AvgIpc) is 3.47. The molecule has 196 valence electrons. The molecule has 0 spiro atoms. The molecule has 0 atom stereocenters. The van der Waals surface area contributed by atoms with Crippen LogP contribution in [-0.2, 0) is 13.0 Å². The number of nitro groups is 1. The standard InChI is InChI=1S/C31H33N3O4/c1-21(2)31-29(30(35)15-12-24-6-5-7-26(17-24)34(36)37)18-27(33(31)20-25-11-8-23(4)16-25)19-32-38-28-13-9-22(3)10-14-28/h5-11,13-14,17-19,21H,12,15-16,20H2,1-4H3/b32-19+. The summed E-state index contributed by atoms with van der Waals surface area (Å²) in [6, 6.07) is 16.0. The second-order valence-corrected chi connectivity index (χ2v) is 10.1. The molecule has 0 amide bonds. The summed E-state index contributed by atoms with van der Waals surface area (Å²) in [6.07, 6.45) is 7.53. The maximum atomic E-state index is 13.5. The lowest BCUT2D eigenvalue weighted by Crippen LogP contribution is -2.13. The number of nitro benzene ring substituents is 1. The molecule has 7 nitrogen and oxygen atoms in total. The molecule has 0 radical (unpaired) electrons. The van der Waals surface area contributed by atoms with Crippen molar-refractivity contribution in [3.63, 3.8) is 0 Å². The van der Waals surface area contributed by atoms with Crippen LogP contribution in [0.5, 0.6) is 5.75 Å². The molecule has 3 aromatic rings. The van der Waals surface area contributed by atoms with Gasteiger partial charge in [-0.3, -0.25) is 14.9 Å². The van der Waals surface area contributed by atoms with Crippen LogP contribution in [0.4, 0.5) is 5.69 Å². The first-order chi connectivity index (χ1) is 18.2. The fraction of sp³-hybridized carbons (Fsp3) is 0.290. The number of hydrogen-bond donors (Lipinski definition) is 0. The second-order valence-electron chi connectivity index (χ2n) is 10.1. The van der Waals surface area contributed by atoms with Gasteiger partial charge in [0.15, 0.2) is 11.5 Å². The first-order valence-electron chi connectivity index (χ1n) is 12.8. The minimum atomic E-state index is -0.416. The van der Waals surface area contributed by atoms with Gasteiger partial charge in [-0.05, 0) is 61.9 Å². The van der Waals surface area contributed by atoms with Crippen molar-refractivity contribution in [3.05, 3.63) is 116 Å². The first kappa shape index (κ1) is 26.8. The summed E-state index contributed by atoms with van der Waals surface area (Å²) < 4.78 is 2.16. The lowest BCUT2D eigenvalue weighted by molar-refractivity contribution is -0.384. The Labute approximate surface area is 223 Å². The quantitative estimate of drug-likeness (QED) is 0.117. The summed E-state index contributed by atoms with van der Waals surface area (Å²) in [5.74, 6) is 0.742. The Bertz CT molecular complexity index is 1430. The highest BCUT2D eigenvalue weighted by Gasteiger charge is 2.23. The van der Waals surface area contributed by atoms with Gasteiger partial charge >= 0.3 is 0 Å². The third-order valence-electron chi connectivity index (χ3n) is 6.61. The number of allylic oxidation sites excluding steroid dienone is 4. The van der Waals surface area contributed by atoms with Crippen LogP contribution in [0.1, 0.15) is 72.4 Å². The highest BCUT2D eigenvalue weighted by atomic mass is 16.6. The zero-order valence-corrected chi connectivity index (χ0v) is 22.3. The van der Waals surface area contributed by atoms with Crippen molar-refractivity contribution in [2.45, 2.75) is 59.4 Å². The van der Waals surface area contributed by atoms with Crippen LogP contribution in [0.25, 0.3) is 0 Å². The van der Waals surface area contributed by atoms with E-state index in [2.05, 4.69) is 42.6 Å². The van der Waals surface area contributed by atoms with Crippen molar-refractivity contribution in [3.8, 4) is 5.75 Å². The van der Waals surface area contributed by atoms with Crippen molar-refractivity contribution in [1.82, 2.24) is 4.57 Å². The zero-order chi connectivity index (χ0) is 27.2. The molecule has 0 aliphatic heterocycles. The normalized spacial score (nSPS) is 13.2. The maximum absolute atomic E-state index is 13.5. The first-order valence-corrected chi connectivity index (χ1v) is 12.8. The number of Topliss-reactive ketones (excluding diaryl/α,β-unsaturated/α-hetero) is 1. The smallest absolute Gasteiger partial charge is 0.269 e. The van der Waals surface area contributed by atoms with E-state index in [1.165, 1.54) is 23.3 Å². The second kappa shape index (κ2) is 11.9. The van der Waals surface area contributed by atoms with Crippen LogP contribution in [0.3, 0.4) is 0 Å². The molecule has 0 bridgehead atoms. The number of ketones is 1.